The second kappa shape index (κ2) is 3.28. The molecule has 1 aromatic carbocycles. The number of benzene rings is 1. The predicted molar refractivity (Wildman–Crippen MR) is 49.0 cm³/mol. The summed E-state index contributed by atoms with van der Waals surface area (Å²) in [6, 6.07) is 10.3. The Morgan fingerprint density at radius 1 is 1.25 bits per heavy atom. The summed E-state index contributed by atoms with van der Waals surface area (Å²) in [4.78, 5) is 0. The van der Waals surface area contributed by atoms with Gasteiger partial charge in [0.05, 0.1) is 6.61 Å². The molecule has 1 saturated carbocycles. The molecule has 2 rings (SSSR count). The standard InChI is InChI=1S/C11H14O/c12-8-11(10-6-7-10)9-4-2-1-3-5-9/h1-5,10-12H,6-8H2. The van der Waals surface area contributed by atoms with Crippen molar-refractivity contribution < 1.29 is 5.11 Å². The molecule has 1 fully saturated rings. The number of aliphatic hydroxyl groups excluding tert-OH is 1. The topological polar surface area (TPSA) is 20.2 Å². The molecular weight excluding hydrogens is 148 g/mol. The Bertz CT molecular complexity index is 238. The van der Waals surface area contributed by atoms with Gasteiger partial charge in [-0.3, -0.25) is 0 Å². The molecule has 1 aromatic rings. The summed E-state index contributed by atoms with van der Waals surface area (Å²) in [5.74, 6) is 1.14. The van der Waals surface area contributed by atoms with E-state index in [4.69, 9.17) is 0 Å². The van der Waals surface area contributed by atoms with Gasteiger partial charge in [0.2, 0.25) is 0 Å². The van der Waals surface area contributed by atoms with Crippen molar-refractivity contribution in [2.75, 3.05) is 6.61 Å². The molecule has 1 heteroatoms. The molecule has 12 heavy (non-hydrogen) atoms. The SMILES string of the molecule is OCC(c1ccccc1)C1CC1. The third kappa shape index (κ3) is 1.51. The first-order valence-corrected chi connectivity index (χ1v) is 4.57. The first-order valence-electron chi connectivity index (χ1n) is 4.57. The molecule has 0 heterocycles. The van der Waals surface area contributed by atoms with Crippen molar-refractivity contribution in [1.29, 1.82) is 0 Å². The van der Waals surface area contributed by atoms with Crippen LogP contribution < -0.4 is 0 Å². The Balaban J connectivity index is 2.15. The lowest BCUT2D eigenvalue weighted by Gasteiger charge is -2.12. The molecule has 0 aromatic heterocycles. The van der Waals surface area contributed by atoms with Crippen LogP contribution in [0.5, 0.6) is 0 Å². The van der Waals surface area contributed by atoms with E-state index in [1.54, 1.807) is 0 Å². The Morgan fingerprint density at radius 2 is 1.92 bits per heavy atom. The van der Waals surface area contributed by atoms with Gasteiger partial charge >= 0.3 is 0 Å². The van der Waals surface area contributed by atoms with E-state index < -0.39 is 0 Å². The molecule has 0 radical (unpaired) electrons. The third-order valence-corrected chi connectivity index (χ3v) is 2.62. The summed E-state index contributed by atoms with van der Waals surface area (Å²) in [6.07, 6.45) is 2.58. The van der Waals surface area contributed by atoms with Gasteiger partial charge < -0.3 is 5.11 Å². The lowest BCUT2D eigenvalue weighted by molar-refractivity contribution is 0.253. The maximum absolute atomic E-state index is 9.19. The molecule has 0 spiro atoms. The molecule has 1 aliphatic rings. The van der Waals surface area contributed by atoms with Crippen LogP contribution in [0.25, 0.3) is 0 Å². The van der Waals surface area contributed by atoms with Crippen molar-refractivity contribution in [2.24, 2.45) is 5.92 Å². The molecule has 0 bridgehead atoms. The summed E-state index contributed by atoms with van der Waals surface area (Å²) >= 11 is 0. The van der Waals surface area contributed by atoms with E-state index in [0.29, 0.717) is 12.5 Å². The average Bonchev–Trinajstić information content (AvgIpc) is 2.92. The number of hydrogen-bond donors (Lipinski definition) is 1. The number of hydrogen-bond acceptors (Lipinski definition) is 1. The molecule has 0 saturated heterocycles. The minimum Gasteiger partial charge on any atom is -0.396 e. The minimum absolute atomic E-state index is 0.300. The quantitative estimate of drug-likeness (QED) is 0.722. The van der Waals surface area contributed by atoms with E-state index >= 15 is 0 Å². The summed E-state index contributed by atoms with van der Waals surface area (Å²) in [5.41, 5.74) is 1.29. The highest BCUT2D eigenvalue weighted by Crippen LogP contribution is 2.42. The van der Waals surface area contributed by atoms with Crippen LogP contribution >= 0.6 is 0 Å². The van der Waals surface area contributed by atoms with Crippen molar-refractivity contribution >= 4 is 0 Å². The van der Waals surface area contributed by atoms with E-state index in [2.05, 4.69) is 12.1 Å². The van der Waals surface area contributed by atoms with Crippen molar-refractivity contribution in [2.45, 2.75) is 18.8 Å². The van der Waals surface area contributed by atoms with E-state index in [9.17, 15) is 5.11 Å². The van der Waals surface area contributed by atoms with Gasteiger partial charge in [-0.2, -0.15) is 0 Å². The van der Waals surface area contributed by atoms with Crippen molar-refractivity contribution in [3.63, 3.8) is 0 Å². The van der Waals surface area contributed by atoms with Gasteiger partial charge in [0.15, 0.2) is 0 Å². The lowest BCUT2D eigenvalue weighted by Crippen LogP contribution is -2.05. The monoisotopic (exact) mass is 162 g/mol. The molecule has 0 amide bonds. The maximum atomic E-state index is 9.19. The fourth-order valence-electron chi connectivity index (χ4n) is 1.73. The molecule has 64 valence electrons. The molecule has 1 nitrogen and oxygen atoms in total. The average molecular weight is 162 g/mol. The van der Waals surface area contributed by atoms with E-state index in [-0.39, 0.29) is 0 Å². The fourth-order valence-corrected chi connectivity index (χ4v) is 1.73. The van der Waals surface area contributed by atoms with Crippen LogP contribution in [0.2, 0.25) is 0 Å². The molecule has 1 unspecified atom stereocenters. The Hall–Kier alpha value is -0.820. The Morgan fingerprint density at radius 3 is 2.42 bits per heavy atom. The molecule has 0 aliphatic heterocycles. The highest BCUT2D eigenvalue weighted by molar-refractivity contribution is 5.21. The third-order valence-electron chi connectivity index (χ3n) is 2.62. The fraction of sp³-hybridized carbons (Fsp3) is 0.455. The zero-order valence-electron chi connectivity index (χ0n) is 7.11. The Labute approximate surface area is 73.0 Å². The van der Waals surface area contributed by atoms with Gasteiger partial charge in [-0.1, -0.05) is 30.3 Å². The van der Waals surface area contributed by atoms with Crippen LogP contribution in [0, 0.1) is 5.92 Å². The predicted octanol–water partition coefficient (Wildman–Crippen LogP) is 2.17. The van der Waals surface area contributed by atoms with Gasteiger partial charge in [0.25, 0.3) is 0 Å². The second-order valence-electron chi connectivity index (χ2n) is 3.54. The van der Waals surface area contributed by atoms with Crippen LogP contribution in [-0.4, -0.2) is 11.7 Å². The van der Waals surface area contributed by atoms with Crippen LogP contribution in [-0.2, 0) is 0 Å². The van der Waals surface area contributed by atoms with Gasteiger partial charge in [-0.05, 0) is 24.3 Å². The molecule has 1 N–H and O–H groups in total. The van der Waals surface area contributed by atoms with E-state index in [1.165, 1.54) is 18.4 Å². The van der Waals surface area contributed by atoms with Crippen molar-refractivity contribution in [3.05, 3.63) is 35.9 Å². The highest BCUT2D eigenvalue weighted by Gasteiger charge is 2.31. The molecular formula is C11H14O. The first kappa shape index (κ1) is 7.81. The van der Waals surface area contributed by atoms with Crippen molar-refractivity contribution in [3.8, 4) is 0 Å². The lowest BCUT2D eigenvalue weighted by atomic mass is 9.95. The number of rotatable bonds is 3. The van der Waals surface area contributed by atoms with E-state index in [0.717, 1.165) is 5.92 Å². The van der Waals surface area contributed by atoms with Crippen LogP contribution in [0.15, 0.2) is 30.3 Å². The van der Waals surface area contributed by atoms with Crippen LogP contribution in [0.1, 0.15) is 24.3 Å². The van der Waals surface area contributed by atoms with Gasteiger partial charge in [0, 0.05) is 5.92 Å². The van der Waals surface area contributed by atoms with Crippen LogP contribution in [0.3, 0.4) is 0 Å². The normalized spacial score (nSPS) is 19.1. The van der Waals surface area contributed by atoms with Gasteiger partial charge in [-0.25, -0.2) is 0 Å². The molecule has 1 aliphatic carbocycles. The summed E-state index contributed by atoms with van der Waals surface area (Å²) in [7, 11) is 0. The zero-order valence-corrected chi connectivity index (χ0v) is 7.11. The Kier molecular flexibility index (Phi) is 2.13. The largest absolute Gasteiger partial charge is 0.396 e. The zero-order chi connectivity index (χ0) is 8.39. The minimum atomic E-state index is 0.300. The smallest absolute Gasteiger partial charge is 0.0502 e. The van der Waals surface area contributed by atoms with Crippen molar-refractivity contribution in [1.82, 2.24) is 0 Å². The summed E-state index contributed by atoms with van der Waals surface area (Å²) in [5, 5.41) is 9.19. The maximum Gasteiger partial charge on any atom is 0.0502 e. The number of aliphatic hydroxyl groups is 1. The molecule has 1 atom stereocenters. The van der Waals surface area contributed by atoms with Gasteiger partial charge in [0.1, 0.15) is 0 Å². The summed E-state index contributed by atoms with van der Waals surface area (Å²) in [6.45, 7) is 0.300. The van der Waals surface area contributed by atoms with E-state index in [1.807, 2.05) is 18.2 Å². The second-order valence-corrected chi connectivity index (χ2v) is 3.54. The van der Waals surface area contributed by atoms with Gasteiger partial charge in [-0.15, -0.1) is 0 Å². The van der Waals surface area contributed by atoms with Crippen LogP contribution in [0.4, 0.5) is 0 Å². The summed E-state index contributed by atoms with van der Waals surface area (Å²) < 4.78 is 0. The highest BCUT2D eigenvalue weighted by atomic mass is 16.3. The first-order chi connectivity index (χ1) is 5.92.